The van der Waals surface area contributed by atoms with Crippen LogP contribution in [0.5, 0.6) is 0 Å². The van der Waals surface area contributed by atoms with E-state index in [1.54, 1.807) is 0 Å². The van der Waals surface area contributed by atoms with Crippen molar-refractivity contribution in [2.45, 2.75) is 26.3 Å². The van der Waals surface area contributed by atoms with Gasteiger partial charge in [0, 0.05) is 5.33 Å². The summed E-state index contributed by atoms with van der Waals surface area (Å²) in [6.07, 6.45) is 0.682. The highest BCUT2D eigenvalue weighted by Crippen LogP contribution is 2.03. The zero-order valence-corrected chi connectivity index (χ0v) is 9.13. The fourth-order valence-electron chi connectivity index (χ4n) is 0.850. The third-order valence-corrected chi connectivity index (χ3v) is 1.67. The number of rotatable bonds is 5. The highest BCUT2D eigenvalue weighted by molar-refractivity contribution is 9.09. The van der Waals surface area contributed by atoms with Gasteiger partial charge in [-0.1, -0.05) is 29.8 Å². The summed E-state index contributed by atoms with van der Waals surface area (Å²) in [6, 6.07) is -0.468. The quantitative estimate of drug-likeness (QED) is 0.580. The van der Waals surface area contributed by atoms with Crippen LogP contribution in [0.15, 0.2) is 0 Å². The van der Waals surface area contributed by atoms with Crippen molar-refractivity contribution in [3.8, 4) is 0 Å². The average molecular weight is 238 g/mol. The Bertz CT molecular complexity index is 139. The second kappa shape index (κ2) is 6.43. The minimum Gasteiger partial charge on any atom is -0.464 e. The molecule has 0 aromatic carbocycles. The van der Waals surface area contributed by atoms with Gasteiger partial charge in [-0.15, -0.1) is 0 Å². The molecule has 0 amide bonds. The molecule has 0 fully saturated rings. The largest absolute Gasteiger partial charge is 0.464 e. The predicted octanol–water partition coefficient (Wildman–Crippen LogP) is 1.30. The first-order valence-corrected chi connectivity index (χ1v) is 5.18. The van der Waals surface area contributed by atoms with Crippen molar-refractivity contribution in [2.24, 2.45) is 11.7 Å². The smallest absolute Gasteiger partial charge is 0.322 e. The van der Waals surface area contributed by atoms with E-state index in [9.17, 15) is 4.79 Å². The van der Waals surface area contributed by atoms with Gasteiger partial charge in [0.1, 0.15) is 12.6 Å². The van der Waals surface area contributed by atoms with Gasteiger partial charge in [0.25, 0.3) is 0 Å². The van der Waals surface area contributed by atoms with Gasteiger partial charge < -0.3 is 10.5 Å². The highest BCUT2D eigenvalue weighted by Gasteiger charge is 2.15. The maximum Gasteiger partial charge on any atom is 0.322 e. The lowest BCUT2D eigenvalue weighted by molar-refractivity contribution is -0.144. The topological polar surface area (TPSA) is 52.3 Å². The Balaban J connectivity index is 3.61. The molecule has 0 saturated carbocycles. The first-order chi connectivity index (χ1) is 5.57. The molecule has 0 bridgehead atoms. The number of ether oxygens (including phenoxy) is 1. The molecule has 1 atom stereocenters. The average Bonchev–Trinajstić information content (AvgIpc) is 1.98. The first-order valence-electron chi connectivity index (χ1n) is 4.06. The molecular formula is C8H16BrNO2. The zero-order valence-electron chi connectivity index (χ0n) is 7.55. The maximum atomic E-state index is 11.1. The summed E-state index contributed by atoms with van der Waals surface area (Å²) in [5.74, 6) is 0.125. The van der Waals surface area contributed by atoms with E-state index < -0.39 is 6.04 Å². The second-order valence-corrected chi connectivity index (χ2v) is 3.89. The van der Waals surface area contributed by atoms with Gasteiger partial charge in [-0.05, 0) is 12.3 Å². The molecular weight excluding hydrogens is 222 g/mol. The van der Waals surface area contributed by atoms with Crippen molar-refractivity contribution in [1.29, 1.82) is 0 Å². The molecule has 0 rings (SSSR count). The summed E-state index contributed by atoms with van der Waals surface area (Å²) in [5, 5.41) is 0.660. The molecule has 0 unspecified atom stereocenters. The summed E-state index contributed by atoms with van der Waals surface area (Å²) in [5.41, 5.74) is 5.57. The van der Waals surface area contributed by atoms with Gasteiger partial charge >= 0.3 is 5.97 Å². The SMILES string of the molecule is CC(C)C[C@H](N)C(=O)OCCBr. The summed E-state index contributed by atoms with van der Waals surface area (Å²) in [6.45, 7) is 4.44. The van der Waals surface area contributed by atoms with Gasteiger partial charge in [0.2, 0.25) is 0 Å². The molecule has 0 aliphatic rings. The predicted molar refractivity (Wildman–Crippen MR) is 52.2 cm³/mol. The molecule has 0 radical (unpaired) electrons. The van der Waals surface area contributed by atoms with Crippen molar-refractivity contribution >= 4 is 21.9 Å². The van der Waals surface area contributed by atoms with E-state index in [-0.39, 0.29) is 5.97 Å². The second-order valence-electron chi connectivity index (χ2n) is 3.09. The molecule has 72 valence electrons. The minimum atomic E-state index is -0.468. The van der Waals surface area contributed by atoms with Gasteiger partial charge in [-0.25, -0.2) is 0 Å². The normalized spacial score (nSPS) is 13.1. The van der Waals surface area contributed by atoms with Gasteiger partial charge in [-0.2, -0.15) is 0 Å². The van der Waals surface area contributed by atoms with Crippen molar-refractivity contribution in [3.63, 3.8) is 0 Å². The van der Waals surface area contributed by atoms with E-state index in [0.717, 1.165) is 0 Å². The van der Waals surface area contributed by atoms with Crippen LogP contribution >= 0.6 is 15.9 Å². The Morgan fingerprint density at radius 3 is 2.58 bits per heavy atom. The molecule has 0 aromatic rings. The third kappa shape index (κ3) is 5.55. The lowest BCUT2D eigenvalue weighted by Crippen LogP contribution is -2.33. The maximum absolute atomic E-state index is 11.1. The number of hydrogen-bond donors (Lipinski definition) is 1. The number of halogens is 1. The molecule has 12 heavy (non-hydrogen) atoms. The number of esters is 1. The van der Waals surface area contributed by atoms with E-state index in [1.807, 2.05) is 13.8 Å². The molecule has 3 nitrogen and oxygen atoms in total. The Morgan fingerprint density at radius 2 is 2.17 bits per heavy atom. The standard InChI is InChI=1S/C8H16BrNO2/c1-6(2)5-7(10)8(11)12-4-3-9/h6-7H,3-5,10H2,1-2H3/t7-/m0/s1. The Labute approximate surface area is 81.8 Å². The van der Waals surface area contributed by atoms with Crippen LogP contribution in [0.3, 0.4) is 0 Å². The molecule has 0 saturated heterocycles. The molecule has 0 heterocycles. The van der Waals surface area contributed by atoms with Crippen LogP contribution in [-0.4, -0.2) is 23.9 Å². The number of nitrogens with two attached hydrogens (primary N) is 1. The summed E-state index contributed by atoms with van der Waals surface area (Å²) < 4.78 is 4.84. The lowest BCUT2D eigenvalue weighted by Gasteiger charge is -2.12. The summed E-state index contributed by atoms with van der Waals surface area (Å²) in [4.78, 5) is 11.1. The van der Waals surface area contributed by atoms with E-state index in [2.05, 4.69) is 15.9 Å². The van der Waals surface area contributed by atoms with E-state index in [1.165, 1.54) is 0 Å². The fourth-order valence-corrected chi connectivity index (χ4v) is 1.01. The number of carbonyl (C=O) groups is 1. The molecule has 0 spiro atoms. The van der Waals surface area contributed by atoms with Crippen LogP contribution in [0.2, 0.25) is 0 Å². The van der Waals surface area contributed by atoms with Crippen LogP contribution < -0.4 is 5.73 Å². The Hall–Kier alpha value is -0.0900. The highest BCUT2D eigenvalue weighted by atomic mass is 79.9. The zero-order chi connectivity index (χ0) is 9.56. The summed E-state index contributed by atoms with van der Waals surface area (Å²) >= 11 is 3.16. The van der Waals surface area contributed by atoms with Crippen LogP contribution in [0.25, 0.3) is 0 Å². The van der Waals surface area contributed by atoms with Crippen molar-refractivity contribution in [2.75, 3.05) is 11.9 Å². The monoisotopic (exact) mass is 237 g/mol. The number of alkyl halides is 1. The van der Waals surface area contributed by atoms with E-state index in [4.69, 9.17) is 10.5 Å². The molecule has 0 aromatic heterocycles. The fraction of sp³-hybridized carbons (Fsp3) is 0.875. The van der Waals surface area contributed by atoms with E-state index in [0.29, 0.717) is 24.3 Å². The van der Waals surface area contributed by atoms with Gasteiger partial charge in [0.15, 0.2) is 0 Å². The van der Waals surface area contributed by atoms with Crippen molar-refractivity contribution in [3.05, 3.63) is 0 Å². The van der Waals surface area contributed by atoms with Crippen LogP contribution in [0.1, 0.15) is 20.3 Å². The van der Waals surface area contributed by atoms with Crippen LogP contribution in [-0.2, 0) is 9.53 Å². The van der Waals surface area contributed by atoms with Gasteiger partial charge in [-0.3, -0.25) is 4.79 Å². The third-order valence-electron chi connectivity index (χ3n) is 1.35. The molecule has 0 aliphatic carbocycles. The number of carbonyl (C=O) groups excluding carboxylic acids is 1. The molecule has 2 N–H and O–H groups in total. The minimum absolute atomic E-state index is 0.303. The lowest BCUT2D eigenvalue weighted by atomic mass is 10.1. The molecule has 4 heteroatoms. The molecule has 0 aliphatic heterocycles. The first kappa shape index (κ1) is 11.9. The van der Waals surface area contributed by atoms with E-state index >= 15 is 0 Å². The van der Waals surface area contributed by atoms with Crippen molar-refractivity contribution < 1.29 is 9.53 Å². The van der Waals surface area contributed by atoms with Crippen LogP contribution in [0.4, 0.5) is 0 Å². The summed E-state index contributed by atoms with van der Waals surface area (Å²) in [7, 11) is 0. The van der Waals surface area contributed by atoms with Crippen molar-refractivity contribution in [1.82, 2.24) is 0 Å². The number of hydrogen-bond acceptors (Lipinski definition) is 3. The Kier molecular flexibility index (Phi) is 6.38. The Morgan fingerprint density at radius 1 is 1.58 bits per heavy atom. The van der Waals surface area contributed by atoms with Gasteiger partial charge in [0.05, 0.1) is 0 Å². The van der Waals surface area contributed by atoms with Crippen LogP contribution in [0, 0.1) is 5.92 Å².